The maximum absolute atomic E-state index is 13.0. The van der Waals surface area contributed by atoms with E-state index in [4.69, 9.17) is 11.6 Å². The second-order valence-electron chi connectivity index (χ2n) is 2.98. The molecule has 1 aliphatic rings. The van der Waals surface area contributed by atoms with Crippen LogP contribution < -0.4 is 5.32 Å². The Kier molecular flexibility index (Phi) is 1.96. The molecule has 0 aliphatic carbocycles. The molecule has 1 aromatic carbocycles. The Bertz CT molecular complexity index is 367. The lowest BCUT2D eigenvalue weighted by Crippen LogP contribution is -2.02. The van der Waals surface area contributed by atoms with Crippen molar-refractivity contribution in [2.45, 2.75) is 5.92 Å². The molecule has 1 aromatic rings. The number of halogens is 2. The molecule has 0 fully saturated rings. The number of rotatable bonds is 1. The van der Waals surface area contributed by atoms with E-state index < -0.39 is 5.82 Å². The average Bonchev–Trinajstić information content (AvgIpc) is 2.48. The molecule has 0 amide bonds. The number of anilines is 1. The fourth-order valence-electron chi connectivity index (χ4n) is 1.47. The smallest absolute Gasteiger partial charge is 0.142 e. The number of hydrogen-bond donors (Lipinski definition) is 1. The van der Waals surface area contributed by atoms with E-state index in [-0.39, 0.29) is 10.9 Å². The SMILES string of the molecule is O=CC1CNc2cc(Cl)c(F)cc21. The van der Waals surface area contributed by atoms with Crippen LogP contribution in [0, 0.1) is 5.82 Å². The Hall–Kier alpha value is -1.09. The molecule has 2 rings (SSSR count). The number of carbonyl (C=O) groups is 1. The highest BCUT2D eigenvalue weighted by molar-refractivity contribution is 6.31. The van der Waals surface area contributed by atoms with Gasteiger partial charge in [-0.3, -0.25) is 0 Å². The van der Waals surface area contributed by atoms with Crippen LogP contribution in [0.2, 0.25) is 5.02 Å². The summed E-state index contributed by atoms with van der Waals surface area (Å²) in [4.78, 5) is 10.6. The summed E-state index contributed by atoms with van der Waals surface area (Å²) in [7, 11) is 0. The van der Waals surface area contributed by atoms with Gasteiger partial charge in [-0.2, -0.15) is 0 Å². The summed E-state index contributed by atoms with van der Waals surface area (Å²) >= 11 is 5.58. The number of nitrogens with one attached hydrogen (secondary N) is 1. The lowest BCUT2D eigenvalue weighted by Gasteiger charge is -2.02. The van der Waals surface area contributed by atoms with E-state index in [2.05, 4.69) is 5.32 Å². The highest BCUT2D eigenvalue weighted by Crippen LogP contribution is 2.33. The van der Waals surface area contributed by atoms with Crippen LogP contribution in [0.1, 0.15) is 11.5 Å². The fourth-order valence-corrected chi connectivity index (χ4v) is 1.64. The molecule has 0 bridgehead atoms. The minimum absolute atomic E-state index is 0.0813. The molecule has 0 aromatic heterocycles. The van der Waals surface area contributed by atoms with Gasteiger partial charge >= 0.3 is 0 Å². The first-order valence-electron chi connectivity index (χ1n) is 3.90. The summed E-state index contributed by atoms with van der Waals surface area (Å²) in [6, 6.07) is 2.83. The van der Waals surface area contributed by atoms with Crippen LogP contribution in [0.5, 0.6) is 0 Å². The zero-order valence-corrected chi connectivity index (χ0v) is 7.44. The minimum Gasteiger partial charge on any atom is -0.384 e. The van der Waals surface area contributed by atoms with Crippen molar-refractivity contribution in [1.82, 2.24) is 0 Å². The molecule has 1 atom stereocenters. The second-order valence-corrected chi connectivity index (χ2v) is 3.38. The van der Waals surface area contributed by atoms with Gasteiger partial charge in [-0.05, 0) is 17.7 Å². The van der Waals surface area contributed by atoms with Crippen LogP contribution in [-0.4, -0.2) is 12.8 Å². The van der Waals surface area contributed by atoms with Gasteiger partial charge in [-0.1, -0.05) is 11.6 Å². The zero-order chi connectivity index (χ0) is 9.42. The lowest BCUT2D eigenvalue weighted by molar-refractivity contribution is -0.108. The number of benzene rings is 1. The second kappa shape index (κ2) is 3.00. The third-order valence-electron chi connectivity index (χ3n) is 2.17. The zero-order valence-electron chi connectivity index (χ0n) is 6.68. The van der Waals surface area contributed by atoms with E-state index >= 15 is 0 Å². The fraction of sp³-hybridized carbons (Fsp3) is 0.222. The third kappa shape index (κ3) is 1.29. The first-order chi connectivity index (χ1) is 6.22. The standard InChI is InChI=1S/C9H7ClFNO/c10-7-2-9-6(1-8(7)11)5(4-13)3-12-9/h1-2,4-5,12H,3H2. The molecule has 0 radical (unpaired) electrons. The summed E-state index contributed by atoms with van der Waals surface area (Å²) in [6.45, 7) is 0.526. The van der Waals surface area contributed by atoms with Crippen LogP contribution >= 0.6 is 11.6 Å². The Balaban J connectivity index is 2.53. The van der Waals surface area contributed by atoms with Crippen LogP contribution in [0.25, 0.3) is 0 Å². The maximum Gasteiger partial charge on any atom is 0.142 e. The Labute approximate surface area is 79.7 Å². The van der Waals surface area contributed by atoms with Gasteiger partial charge in [0.15, 0.2) is 0 Å². The largest absolute Gasteiger partial charge is 0.384 e. The van der Waals surface area contributed by atoms with Crippen molar-refractivity contribution >= 4 is 23.6 Å². The average molecular weight is 200 g/mol. The van der Waals surface area contributed by atoms with Crippen molar-refractivity contribution < 1.29 is 9.18 Å². The van der Waals surface area contributed by atoms with E-state index in [1.807, 2.05) is 0 Å². The summed E-state index contributed by atoms with van der Waals surface area (Å²) in [5.74, 6) is -0.724. The van der Waals surface area contributed by atoms with Gasteiger partial charge in [0.05, 0.1) is 10.9 Å². The summed E-state index contributed by atoms with van der Waals surface area (Å²) in [5.41, 5.74) is 1.44. The molecule has 1 aliphatic heterocycles. The van der Waals surface area contributed by atoms with E-state index in [9.17, 15) is 9.18 Å². The minimum atomic E-state index is -0.476. The Morgan fingerprint density at radius 3 is 3.08 bits per heavy atom. The predicted molar refractivity (Wildman–Crippen MR) is 48.7 cm³/mol. The van der Waals surface area contributed by atoms with Crippen molar-refractivity contribution in [3.05, 3.63) is 28.5 Å². The molecule has 68 valence electrons. The number of carbonyl (C=O) groups excluding carboxylic acids is 1. The first-order valence-corrected chi connectivity index (χ1v) is 4.28. The lowest BCUT2D eigenvalue weighted by atomic mass is 10.0. The van der Waals surface area contributed by atoms with Gasteiger partial charge in [-0.25, -0.2) is 4.39 Å². The summed E-state index contributed by atoms with van der Waals surface area (Å²) in [6.07, 6.45) is 0.812. The Morgan fingerprint density at radius 2 is 2.38 bits per heavy atom. The van der Waals surface area contributed by atoms with Gasteiger partial charge in [0.2, 0.25) is 0 Å². The summed E-state index contributed by atoms with van der Waals surface area (Å²) < 4.78 is 13.0. The molecular formula is C9H7ClFNO. The molecule has 0 saturated carbocycles. The van der Waals surface area contributed by atoms with Crippen molar-refractivity contribution in [2.24, 2.45) is 0 Å². The quantitative estimate of drug-likeness (QED) is 0.703. The van der Waals surface area contributed by atoms with E-state index in [1.165, 1.54) is 12.1 Å². The number of aldehydes is 1. The molecule has 4 heteroatoms. The van der Waals surface area contributed by atoms with E-state index in [1.54, 1.807) is 0 Å². The molecule has 13 heavy (non-hydrogen) atoms. The van der Waals surface area contributed by atoms with Gasteiger partial charge in [0.1, 0.15) is 12.1 Å². The number of hydrogen-bond acceptors (Lipinski definition) is 2. The Morgan fingerprint density at radius 1 is 1.62 bits per heavy atom. The van der Waals surface area contributed by atoms with Crippen LogP contribution in [0.3, 0.4) is 0 Å². The van der Waals surface area contributed by atoms with Crippen molar-refractivity contribution in [3.63, 3.8) is 0 Å². The maximum atomic E-state index is 13.0. The van der Waals surface area contributed by atoms with Crippen molar-refractivity contribution in [1.29, 1.82) is 0 Å². The van der Waals surface area contributed by atoms with E-state index in [0.717, 1.165) is 12.0 Å². The molecule has 1 heterocycles. The molecule has 0 saturated heterocycles. The molecule has 1 unspecified atom stereocenters. The topological polar surface area (TPSA) is 29.1 Å². The van der Waals surface area contributed by atoms with E-state index in [0.29, 0.717) is 12.1 Å². The van der Waals surface area contributed by atoms with Crippen molar-refractivity contribution in [2.75, 3.05) is 11.9 Å². The van der Waals surface area contributed by atoms with Gasteiger partial charge < -0.3 is 10.1 Å². The van der Waals surface area contributed by atoms with Crippen LogP contribution in [0.15, 0.2) is 12.1 Å². The molecule has 0 spiro atoms. The van der Waals surface area contributed by atoms with Gasteiger partial charge in [-0.15, -0.1) is 0 Å². The predicted octanol–water partition coefficient (Wildman–Crippen LogP) is 2.19. The number of fused-ring (bicyclic) bond motifs is 1. The van der Waals surface area contributed by atoms with Gasteiger partial charge in [0, 0.05) is 12.2 Å². The molecule has 1 N–H and O–H groups in total. The van der Waals surface area contributed by atoms with Crippen LogP contribution in [0.4, 0.5) is 10.1 Å². The highest BCUT2D eigenvalue weighted by atomic mass is 35.5. The monoisotopic (exact) mass is 199 g/mol. The van der Waals surface area contributed by atoms with Crippen molar-refractivity contribution in [3.8, 4) is 0 Å². The molecular weight excluding hydrogens is 193 g/mol. The highest BCUT2D eigenvalue weighted by Gasteiger charge is 2.23. The normalized spacial score (nSPS) is 19.4. The van der Waals surface area contributed by atoms with Gasteiger partial charge in [0.25, 0.3) is 0 Å². The molecule has 2 nitrogen and oxygen atoms in total. The van der Waals surface area contributed by atoms with Crippen LogP contribution in [-0.2, 0) is 4.79 Å². The third-order valence-corrected chi connectivity index (χ3v) is 2.46. The summed E-state index contributed by atoms with van der Waals surface area (Å²) in [5, 5.41) is 3.07. The first kappa shape index (κ1) is 8.51.